The number of benzene rings is 2. The molecule has 0 spiro atoms. The number of anilines is 1. The molecule has 2 fully saturated rings. The summed E-state index contributed by atoms with van der Waals surface area (Å²) >= 11 is 0. The molecule has 0 unspecified atom stereocenters. The summed E-state index contributed by atoms with van der Waals surface area (Å²) in [5, 5.41) is 0. The van der Waals surface area contributed by atoms with Crippen molar-refractivity contribution in [3.63, 3.8) is 0 Å². The summed E-state index contributed by atoms with van der Waals surface area (Å²) in [6.07, 6.45) is 4.52. The summed E-state index contributed by atoms with van der Waals surface area (Å²) in [6, 6.07) is 12.5. The zero-order chi connectivity index (χ0) is 23.1. The third kappa shape index (κ3) is 4.04. The monoisotopic (exact) mass is 442 g/mol. The fourth-order valence-corrected chi connectivity index (χ4v) is 4.60. The van der Waals surface area contributed by atoms with Crippen LogP contribution in [0.4, 0.5) is 15.9 Å². The molecule has 2 aromatic carbocycles. The highest BCUT2D eigenvalue weighted by Gasteiger charge is 2.25. The van der Waals surface area contributed by atoms with Crippen LogP contribution in [-0.2, 0) is 0 Å². The molecule has 2 aliphatic rings. The van der Waals surface area contributed by atoms with Gasteiger partial charge >= 0.3 is 0 Å². The molecule has 0 radical (unpaired) electrons. The van der Waals surface area contributed by atoms with E-state index in [0.717, 1.165) is 25.9 Å². The highest BCUT2D eigenvalue weighted by Crippen LogP contribution is 2.40. The Kier molecular flexibility index (Phi) is 5.49. The second kappa shape index (κ2) is 8.47. The van der Waals surface area contributed by atoms with Gasteiger partial charge in [-0.2, -0.15) is 0 Å². The maximum atomic E-state index is 14.6. The molecule has 0 bridgehead atoms. The zero-order valence-electron chi connectivity index (χ0n) is 19.0. The van der Waals surface area contributed by atoms with E-state index in [0.29, 0.717) is 40.3 Å². The fourth-order valence-electron chi connectivity index (χ4n) is 4.60. The van der Waals surface area contributed by atoms with Gasteiger partial charge in [-0.25, -0.2) is 14.2 Å². The van der Waals surface area contributed by atoms with E-state index in [1.54, 1.807) is 10.6 Å². The number of hydrogen-bond donors (Lipinski definition) is 0. The van der Waals surface area contributed by atoms with Gasteiger partial charge in [-0.3, -0.25) is 9.36 Å². The van der Waals surface area contributed by atoms with Crippen molar-refractivity contribution in [2.45, 2.75) is 45.4 Å². The van der Waals surface area contributed by atoms with Crippen molar-refractivity contribution >= 4 is 11.5 Å². The lowest BCUT2D eigenvalue weighted by atomic mass is 9.99. The van der Waals surface area contributed by atoms with E-state index >= 15 is 0 Å². The van der Waals surface area contributed by atoms with Gasteiger partial charge in [0.2, 0.25) is 5.69 Å². The molecule has 1 aliphatic heterocycles. The number of aromatic nitrogens is 2. The lowest BCUT2D eigenvalue weighted by molar-refractivity contribution is 0.436. The summed E-state index contributed by atoms with van der Waals surface area (Å²) in [7, 11) is 0. The van der Waals surface area contributed by atoms with Gasteiger partial charge in [0.1, 0.15) is 17.5 Å². The molecule has 3 aromatic rings. The molecular weight excluding hydrogens is 415 g/mol. The van der Waals surface area contributed by atoms with Gasteiger partial charge in [0.05, 0.1) is 17.8 Å². The largest absolute Gasteiger partial charge is 0.356 e. The summed E-state index contributed by atoms with van der Waals surface area (Å²) in [5.41, 5.74) is 2.88. The summed E-state index contributed by atoms with van der Waals surface area (Å²) in [6.45, 7) is 12.9. The predicted octanol–water partition coefficient (Wildman–Crippen LogP) is 6.01. The molecule has 1 saturated heterocycles. The molecule has 1 aromatic heterocycles. The standard InChI is InChI=1S/C27H27FN4O/c1-17-12-14-31(15-13-17)25-18(2)27(33)32(22-9-6-20(7-10-22)19-4-5-19)26(30-25)21-8-11-24(29-3)23(28)16-21/h6-11,16-17,19H,4-5,12-15H2,1-2H3. The van der Waals surface area contributed by atoms with Gasteiger partial charge in [0.15, 0.2) is 0 Å². The van der Waals surface area contributed by atoms with E-state index in [4.69, 9.17) is 11.6 Å². The lowest BCUT2D eigenvalue weighted by Crippen LogP contribution is -2.36. The van der Waals surface area contributed by atoms with Crippen molar-refractivity contribution in [3.05, 3.63) is 81.2 Å². The smallest absolute Gasteiger partial charge is 0.263 e. The molecule has 33 heavy (non-hydrogen) atoms. The summed E-state index contributed by atoms with van der Waals surface area (Å²) in [4.78, 5) is 24.0. The molecule has 2 heterocycles. The molecule has 1 aliphatic carbocycles. The fraction of sp³-hybridized carbons (Fsp3) is 0.370. The molecule has 6 heteroatoms. The van der Waals surface area contributed by atoms with Crippen LogP contribution < -0.4 is 10.5 Å². The Morgan fingerprint density at radius 3 is 2.36 bits per heavy atom. The van der Waals surface area contributed by atoms with Crippen molar-refractivity contribution < 1.29 is 4.39 Å². The Morgan fingerprint density at radius 2 is 1.76 bits per heavy atom. The van der Waals surface area contributed by atoms with Gasteiger partial charge in [-0.1, -0.05) is 31.2 Å². The van der Waals surface area contributed by atoms with Crippen LogP contribution in [0, 0.1) is 25.2 Å². The van der Waals surface area contributed by atoms with Crippen LogP contribution in [0.5, 0.6) is 0 Å². The van der Waals surface area contributed by atoms with Crippen LogP contribution in [-0.4, -0.2) is 22.6 Å². The maximum Gasteiger partial charge on any atom is 0.263 e. The average Bonchev–Trinajstić information content (AvgIpc) is 3.67. The Bertz CT molecular complexity index is 1290. The van der Waals surface area contributed by atoms with Crippen LogP contribution in [0.25, 0.3) is 21.9 Å². The highest BCUT2D eigenvalue weighted by molar-refractivity contribution is 5.66. The van der Waals surface area contributed by atoms with E-state index in [9.17, 15) is 9.18 Å². The highest BCUT2D eigenvalue weighted by atomic mass is 19.1. The van der Waals surface area contributed by atoms with Gasteiger partial charge in [0.25, 0.3) is 5.56 Å². The Morgan fingerprint density at radius 1 is 1.06 bits per heavy atom. The van der Waals surface area contributed by atoms with Crippen LogP contribution in [0.15, 0.2) is 47.3 Å². The number of piperidine rings is 1. The molecule has 0 amide bonds. The van der Waals surface area contributed by atoms with Crippen LogP contribution in [0.2, 0.25) is 0 Å². The lowest BCUT2D eigenvalue weighted by Gasteiger charge is -2.32. The van der Waals surface area contributed by atoms with Crippen molar-refractivity contribution in [3.8, 4) is 17.1 Å². The van der Waals surface area contributed by atoms with E-state index in [-0.39, 0.29) is 11.2 Å². The second-order valence-electron chi connectivity index (χ2n) is 9.34. The summed E-state index contributed by atoms with van der Waals surface area (Å²) in [5.74, 6) is 1.73. The van der Waals surface area contributed by atoms with Crippen molar-refractivity contribution in [1.82, 2.24) is 9.55 Å². The molecule has 5 rings (SSSR count). The quantitative estimate of drug-likeness (QED) is 0.465. The van der Waals surface area contributed by atoms with Crippen molar-refractivity contribution in [1.29, 1.82) is 0 Å². The van der Waals surface area contributed by atoms with E-state index in [2.05, 4.69) is 28.8 Å². The minimum absolute atomic E-state index is 0.0428. The number of rotatable bonds is 4. The second-order valence-corrected chi connectivity index (χ2v) is 9.34. The van der Waals surface area contributed by atoms with Gasteiger partial charge < -0.3 is 4.90 Å². The molecule has 0 N–H and O–H groups in total. The number of hydrogen-bond acceptors (Lipinski definition) is 3. The maximum absolute atomic E-state index is 14.6. The van der Waals surface area contributed by atoms with Crippen LogP contribution in [0.3, 0.4) is 0 Å². The van der Waals surface area contributed by atoms with Crippen LogP contribution >= 0.6 is 0 Å². The van der Waals surface area contributed by atoms with Gasteiger partial charge in [-0.15, -0.1) is 0 Å². The Balaban J connectivity index is 1.68. The van der Waals surface area contributed by atoms with E-state index in [1.807, 2.05) is 19.1 Å². The Hall–Kier alpha value is -3.46. The van der Waals surface area contributed by atoms with E-state index < -0.39 is 5.82 Å². The van der Waals surface area contributed by atoms with Gasteiger partial charge in [-0.05, 0) is 68.2 Å². The number of halogens is 1. The molecule has 1 saturated carbocycles. The molecule has 5 nitrogen and oxygen atoms in total. The third-order valence-electron chi connectivity index (χ3n) is 6.89. The minimum atomic E-state index is -0.610. The zero-order valence-corrected chi connectivity index (χ0v) is 19.0. The first-order chi connectivity index (χ1) is 16.0. The van der Waals surface area contributed by atoms with Gasteiger partial charge in [0, 0.05) is 18.7 Å². The van der Waals surface area contributed by atoms with E-state index in [1.165, 1.54) is 30.5 Å². The molecule has 0 atom stereocenters. The van der Waals surface area contributed by atoms with Crippen LogP contribution in [0.1, 0.15) is 49.7 Å². The minimum Gasteiger partial charge on any atom is -0.356 e. The summed E-state index contributed by atoms with van der Waals surface area (Å²) < 4.78 is 16.1. The third-order valence-corrected chi connectivity index (χ3v) is 6.89. The SMILES string of the molecule is [C-]#[N+]c1ccc(-c2nc(N3CCC(C)CC3)c(C)c(=O)n2-c2ccc(C3CC3)cc2)cc1F. The molecule has 168 valence electrons. The first kappa shape index (κ1) is 21.4. The average molecular weight is 443 g/mol. The number of nitrogens with zero attached hydrogens (tertiary/aromatic N) is 4. The van der Waals surface area contributed by atoms with Crippen molar-refractivity contribution in [2.75, 3.05) is 18.0 Å². The first-order valence-corrected chi connectivity index (χ1v) is 11.6. The topological polar surface area (TPSA) is 42.5 Å². The van der Waals surface area contributed by atoms with Crippen molar-refractivity contribution in [2.24, 2.45) is 5.92 Å². The predicted molar refractivity (Wildman–Crippen MR) is 129 cm³/mol. The molecular formula is C27H27FN4O. The normalized spacial score (nSPS) is 16.6. The Labute approximate surface area is 193 Å². The first-order valence-electron chi connectivity index (χ1n) is 11.6.